The predicted octanol–water partition coefficient (Wildman–Crippen LogP) is 1.32. The van der Waals surface area contributed by atoms with E-state index in [1.807, 2.05) is 6.92 Å². The van der Waals surface area contributed by atoms with Gasteiger partial charge in [0.1, 0.15) is 11.6 Å². The van der Waals surface area contributed by atoms with Crippen LogP contribution in [0.1, 0.15) is 24.9 Å². The van der Waals surface area contributed by atoms with Crippen LogP contribution in [-0.2, 0) is 11.2 Å². The summed E-state index contributed by atoms with van der Waals surface area (Å²) in [5, 5.41) is 0. The van der Waals surface area contributed by atoms with Crippen LogP contribution in [0.25, 0.3) is 0 Å². The summed E-state index contributed by atoms with van der Waals surface area (Å²) < 4.78 is 4.99. The number of carbonyl (C=O) groups excluding carboxylic acids is 1. The van der Waals surface area contributed by atoms with Crippen molar-refractivity contribution in [2.75, 3.05) is 7.11 Å². The van der Waals surface area contributed by atoms with Gasteiger partial charge in [-0.15, -0.1) is 0 Å². The molecule has 4 heteroatoms. The quantitative estimate of drug-likeness (QED) is 0.725. The van der Waals surface area contributed by atoms with E-state index < -0.39 is 0 Å². The number of aryl methyl sites for hydroxylation is 1. The number of Topliss-reactive ketones (excluding diaryl/α,β-unsaturated/α-hetero) is 1. The summed E-state index contributed by atoms with van der Waals surface area (Å²) in [7, 11) is 1.55. The molecule has 0 spiro atoms. The van der Waals surface area contributed by atoms with Crippen LogP contribution in [-0.4, -0.2) is 22.9 Å². The fourth-order valence-corrected chi connectivity index (χ4v) is 1.12. The molecule has 1 rings (SSSR count). The fourth-order valence-electron chi connectivity index (χ4n) is 1.12. The van der Waals surface area contributed by atoms with Crippen molar-refractivity contribution in [1.82, 2.24) is 9.97 Å². The van der Waals surface area contributed by atoms with E-state index in [4.69, 9.17) is 4.74 Å². The van der Waals surface area contributed by atoms with Crippen molar-refractivity contribution in [3.8, 4) is 5.88 Å². The highest BCUT2D eigenvalue weighted by atomic mass is 16.5. The molecule has 0 aromatic carbocycles. The molecule has 0 radical (unpaired) electrons. The van der Waals surface area contributed by atoms with Gasteiger partial charge in [-0.2, -0.15) is 4.98 Å². The van der Waals surface area contributed by atoms with Gasteiger partial charge in [0.25, 0.3) is 0 Å². The molecule has 0 aliphatic carbocycles. The summed E-state index contributed by atoms with van der Waals surface area (Å²) in [6.45, 7) is 3.62. The van der Waals surface area contributed by atoms with Gasteiger partial charge >= 0.3 is 0 Å². The maximum absolute atomic E-state index is 11.2. The molecule has 1 aromatic rings. The van der Waals surface area contributed by atoms with E-state index in [1.54, 1.807) is 20.1 Å². The molecule has 14 heavy (non-hydrogen) atoms. The van der Waals surface area contributed by atoms with E-state index in [1.165, 1.54) is 0 Å². The minimum absolute atomic E-state index is 0.171. The number of aromatic nitrogens is 2. The molecule has 0 bridgehead atoms. The largest absolute Gasteiger partial charge is 0.481 e. The van der Waals surface area contributed by atoms with Crippen LogP contribution in [0.4, 0.5) is 0 Å². The van der Waals surface area contributed by atoms with Crippen LogP contribution >= 0.6 is 0 Å². The number of hydrogen-bond donors (Lipinski definition) is 0. The Kier molecular flexibility index (Phi) is 3.56. The maximum atomic E-state index is 11.2. The van der Waals surface area contributed by atoms with Crippen molar-refractivity contribution in [2.45, 2.75) is 26.7 Å². The monoisotopic (exact) mass is 194 g/mol. The first-order valence-corrected chi connectivity index (χ1v) is 4.56. The van der Waals surface area contributed by atoms with E-state index in [0.717, 1.165) is 5.69 Å². The van der Waals surface area contributed by atoms with Gasteiger partial charge in [-0.25, -0.2) is 4.98 Å². The van der Waals surface area contributed by atoms with E-state index in [9.17, 15) is 4.79 Å². The molecule has 0 aliphatic heterocycles. The molecule has 0 fully saturated rings. The summed E-state index contributed by atoms with van der Waals surface area (Å²) in [6, 6.07) is 1.69. The Bertz CT molecular complexity index is 337. The van der Waals surface area contributed by atoms with Crippen LogP contribution in [0.5, 0.6) is 5.88 Å². The molecule has 1 heterocycles. The topological polar surface area (TPSA) is 52.1 Å². The van der Waals surface area contributed by atoms with E-state index in [2.05, 4.69) is 9.97 Å². The van der Waals surface area contributed by atoms with E-state index in [-0.39, 0.29) is 5.78 Å². The molecule has 0 N–H and O–H groups in total. The summed E-state index contributed by atoms with van der Waals surface area (Å²) in [5.41, 5.74) is 0.723. The van der Waals surface area contributed by atoms with Gasteiger partial charge in [-0.1, -0.05) is 6.92 Å². The number of nitrogens with zero attached hydrogens (tertiary/aromatic N) is 2. The van der Waals surface area contributed by atoms with Crippen LogP contribution in [0, 0.1) is 6.92 Å². The first-order chi connectivity index (χ1) is 6.65. The second kappa shape index (κ2) is 4.69. The Morgan fingerprint density at radius 3 is 2.79 bits per heavy atom. The third-order valence-corrected chi connectivity index (χ3v) is 1.85. The lowest BCUT2D eigenvalue weighted by Crippen LogP contribution is -2.05. The lowest BCUT2D eigenvalue weighted by atomic mass is 10.2. The molecular weight excluding hydrogens is 180 g/mol. The highest BCUT2D eigenvalue weighted by molar-refractivity contribution is 5.80. The van der Waals surface area contributed by atoms with E-state index >= 15 is 0 Å². The molecule has 0 saturated carbocycles. The van der Waals surface area contributed by atoms with Crippen molar-refractivity contribution in [2.24, 2.45) is 0 Å². The zero-order valence-corrected chi connectivity index (χ0v) is 8.70. The lowest BCUT2D eigenvalue weighted by Gasteiger charge is -2.03. The van der Waals surface area contributed by atoms with Gasteiger partial charge in [0.15, 0.2) is 0 Å². The van der Waals surface area contributed by atoms with E-state index in [0.29, 0.717) is 24.5 Å². The SMILES string of the molecule is CCC(=O)Cc1cc(OC)nc(C)n1. The van der Waals surface area contributed by atoms with Crippen LogP contribution in [0.15, 0.2) is 6.07 Å². The molecule has 0 amide bonds. The zero-order valence-electron chi connectivity index (χ0n) is 8.70. The number of methoxy groups -OCH3 is 1. The second-order valence-corrected chi connectivity index (χ2v) is 3.02. The third kappa shape index (κ3) is 2.80. The molecule has 4 nitrogen and oxygen atoms in total. The molecule has 0 saturated heterocycles. The number of ketones is 1. The summed E-state index contributed by atoms with van der Waals surface area (Å²) in [6.07, 6.45) is 0.890. The average Bonchev–Trinajstić information content (AvgIpc) is 2.16. The molecule has 1 aromatic heterocycles. The predicted molar refractivity (Wildman–Crippen MR) is 52.3 cm³/mol. The van der Waals surface area contributed by atoms with Gasteiger partial charge in [0.2, 0.25) is 5.88 Å². The first-order valence-electron chi connectivity index (χ1n) is 4.56. The highest BCUT2D eigenvalue weighted by Gasteiger charge is 2.05. The number of ether oxygens (including phenoxy) is 1. The highest BCUT2D eigenvalue weighted by Crippen LogP contribution is 2.09. The smallest absolute Gasteiger partial charge is 0.216 e. The standard InChI is InChI=1S/C10H14N2O2/c1-4-9(13)5-8-6-10(14-3)12-7(2)11-8/h6H,4-5H2,1-3H3. The third-order valence-electron chi connectivity index (χ3n) is 1.85. The Morgan fingerprint density at radius 2 is 2.21 bits per heavy atom. The number of carbonyl (C=O) groups is 1. The first kappa shape index (κ1) is 10.6. The summed E-state index contributed by atoms with van der Waals surface area (Å²) in [4.78, 5) is 19.4. The molecule has 0 atom stereocenters. The molecule has 0 unspecified atom stereocenters. The van der Waals surface area contributed by atoms with Crippen molar-refractivity contribution < 1.29 is 9.53 Å². The van der Waals surface area contributed by atoms with Crippen molar-refractivity contribution >= 4 is 5.78 Å². The van der Waals surface area contributed by atoms with Gasteiger partial charge in [-0.3, -0.25) is 4.79 Å². The van der Waals surface area contributed by atoms with Gasteiger partial charge in [0.05, 0.1) is 12.8 Å². The maximum Gasteiger partial charge on any atom is 0.216 e. The average molecular weight is 194 g/mol. The molecule has 0 aliphatic rings. The van der Waals surface area contributed by atoms with Crippen molar-refractivity contribution in [3.05, 3.63) is 17.6 Å². The number of rotatable bonds is 4. The Labute approximate surface area is 83.3 Å². The van der Waals surface area contributed by atoms with Gasteiger partial charge in [-0.05, 0) is 6.92 Å². The second-order valence-electron chi connectivity index (χ2n) is 3.02. The van der Waals surface area contributed by atoms with Crippen molar-refractivity contribution in [3.63, 3.8) is 0 Å². The fraction of sp³-hybridized carbons (Fsp3) is 0.500. The van der Waals surface area contributed by atoms with Gasteiger partial charge in [0, 0.05) is 18.9 Å². The minimum Gasteiger partial charge on any atom is -0.481 e. The number of hydrogen-bond acceptors (Lipinski definition) is 4. The summed E-state index contributed by atoms with van der Waals surface area (Å²) >= 11 is 0. The van der Waals surface area contributed by atoms with Crippen LogP contribution in [0.2, 0.25) is 0 Å². The van der Waals surface area contributed by atoms with Crippen LogP contribution in [0.3, 0.4) is 0 Å². The normalized spacial score (nSPS) is 9.93. The minimum atomic E-state index is 0.171. The lowest BCUT2D eigenvalue weighted by molar-refractivity contribution is -0.118. The van der Waals surface area contributed by atoms with Crippen molar-refractivity contribution in [1.29, 1.82) is 0 Å². The Balaban J connectivity index is 2.86. The van der Waals surface area contributed by atoms with Gasteiger partial charge < -0.3 is 4.74 Å². The zero-order chi connectivity index (χ0) is 10.6. The summed E-state index contributed by atoms with van der Waals surface area (Å²) in [5.74, 6) is 1.31. The Morgan fingerprint density at radius 1 is 1.50 bits per heavy atom. The molecular formula is C10H14N2O2. The van der Waals surface area contributed by atoms with Crippen LogP contribution < -0.4 is 4.74 Å². The Hall–Kier alpha value is -1.45. The molecule has 76 valence electrons.